The molecule has 14 atom stereocenters. The molecule has 3 saturated heterocycles. The Morgan fingerprint density at radius 3 is 1.65 bits per heavy atom. The summed E-state index contributed by atoms with van der Waals surface area (Å²) in [6.45, 7) is -3.14. The van der Waals surface area contributed by atoms with E-state index in [0.717, 1.165) is 0 Å². The second-order valence-electron chi connectivity index (χ2n) is 8.41. The summed E-state index contributed by atoms with van der Waals surface area (Å²) >= 11 is 0. The molecule has 0 aromatic heterocycles. The fraction of sp³-hybridized carbons (Fsp3) is 1.00. The molecule has 11 N–H and O–H groups in total. The zero-order valence-electron chi connectivity index (χ0n) is 17.8. The number of hydrogen-bond donors (Lipinski definition) is 11. The first kappa shape index (κ1) is 27.9. The predicted molar refractivity (Wildman–Crippen MR) is 101 cm³/mol. The number of aliphatic hydroxyl groups is 11. The SMILES string of the molecule is OCC1O[C@@H](OCC2O[C@H](O[C@]3(CO)O[C@H](CO)[C@@H](O)C3O)C(O)[C@@H](O)[C@@H]2O)C(O)[C@@H](O)[C@H]1O. The molecule has 3 aliphatic rings. The predicted octanol–water partition coefficient (Wildman–Crippen LogP) is -7.57. The highest BCUT2D eigenvalue weighted by molar-refractivity contribution is 4.98. The molecular weight excluding hydrogens is 472 g/mol. The lowest BCUT2D eigenvalue weighted by molar-refractivity contribution is -0.388. The Morgan fingerprint density at radius 2 is 1.12 bits per heavy atom. The number of ether oxygens (including phenoxy) is 5. The van der Waals surface area contributed by atoms with Gasteiger partial charge in [-0.25, -0.2) is 0 Å². The molecule has 0 amide bonds. The highest BCUT2D eigenvalue weighted by atomic mass is 16.8. The minimum Gasteiger partial charge on any atom is -0.394 e. The molecule has 0 aliphatic carbocycles. The van der Waals surface area contributed by atoms with Gasteiger partial charge in [0.2, 0.25) is 5.79 Å². The van der Waals surface area contributed by atoms with Gasteiger partial charge < -0.3 is 79.9 Å². The van der Waals surface area contributed by atoms with E-state index in [2.05, 4.69) is 0 Å². The molecule has 3 rings (SSSR count). The van der Waals surface area contributed by atoms with Gasteiger partial charge in [-0.05, 0) is 0 Å². The van der Waals surface area contributed by atoms with Crippen LogP contribution in [0.5, 0.6) is 0 Å². The molecule has 3 fully saturated rings. The van der Waals surface area contributed by atoms with Crippen LogP contribution < -0.4 is 0 Å². The van der Waals surface area contributed by atoms with E-state index in [1.165, 1.54) is 0 Å². The first-order chi connectivity index (χ1) is 16.0. The van der Waals surface area contributed by atoms with Gasteiger partial charge in [0.05, 0.1) is 19.8 Å². The van der Waals surface area contributed by atoms with Gasteiger partial charge in [0, 0.05) is 0 Å². The molecule has 0 spiro atoms. The Morgan fingerprint density at radius 1 is 0.588 bits per heavy atom. The summed E-state index contributed by atoms with van der Waals surface area (Å²) in [5.74, 6) is -2.36. The van der Waals surface area contributed by atoms with Crippen molar-refractivity contribution in [1.29, 1.82) is 0 Å². The van der Waals surface area contributed by atoms with Crippen molar-refractivity contribution < 1.29 is 79.9 Å². The van der Waals surface area contributed by atoms with Crippen LogP contribution in [-0.2, 0) is 23.7 Å². The van der Waals surface area contributed by atoms with Crippen LogP contribution in [0.2, 0.25) is 0 Å². The Balaban J connectivity index is 1.69. The molecule has 3 heterocycles. The van der Waals surface area contributed by atoms with E-state index in [0.29, 0.717) is 0 Å². The largest absolute Gasteiger partial charge is 0.394 e. The van der Waals surface area contributed by atoms with Crippen LogP contribution in [0.15, 0.2) is 0 Å². The molecule has 0 saturated carbocycles. The molecule has 3 aliphatic heterocycles. The van der Waals surface area contributed by atoms with Gasteiger partial charge >= 0.3 is 0 Å². The maximum Gasteiger partial charge on any atom is 0.224 e. The Kier molecular flexibility index (Phi) is 9.18. The Hall–Kier alpha value is -0.640. The molecule has 16 heteroatoms. The van der Waals surface area contributed by atoms with Crippen molar-refractivity contribution in [2.75, 3.05) is 26.4 Å². The first-order valence-corrected chi connectivity index (χ1v) is 10.6. The van der Waals surface area contributed by atoms with Crippen molar-refractivity contribution in [2.24, 2.45) is 0 Å². The van der Waals surface area contributed by atoms with E-state index in [1.807, 2.05) is 0 Å². The van der Waals surface area contributed by atoms with Gasteiger partial charge in [-0.1, -0.05) is 0 Å². The highest BCUT2D eigenvalue weighted by Crippen LogP contribution is 2.36. The van der Waals surface area contributed by atoms with E-state index in [1.54, 1.807) is 0 Å². The average Bonchev–Trinajstić information content (AvgIpc) is 3.08. The molecule has 16 nitrogen and oxygen atoms in total. The van der Waals surface area contributed by atoms with Gasteiger partial charge in [0.25, 0.3) is 0 Å². The zero-order chi connectivity index (χ0) is 25.4. The zero-order valence-corrected chi connectivity index (χ0v) is 17.8. The standard InChI is InChI=1S/C18H32O16/c19-1-5-8(22)11(25)13(27)16(31-5)30-3-7-9(23)12(26)14(28)17(32-7)34-18(4-21)15(29)10(24)6(2-20)33-18/h5-17,19-29H,1-4H2/t5?,6-,7?,8+,9-,10-,11+,12+,13?,14?,15?,16-,17-,18+/m1/s1. The lowest BCUT2D eigenvalue weighted by atomic mass is 9.98. The van der Waals surface area contributed by atoms with E-state index in [4.69, 9.17) is 23.7 Å². The maximum atomic E-state index is 10.3. The topological polar surface area (TPSA) is 269 Å². The smallest absolute Gasteiger partial charge is 0.224 e. The minimum atomic E-state index is -2.36. The molecule has 34 heavy (non-hydrogen) atoms. The summed E-state index contributed by atoms with van der Waals surface area (Å²) in [6.07, 6.45) is -21.8. The average molecular weight is 504 g/mol. The second-order valence-corrected chi connectivity index (χ2v) is 8.41. The van der Waals surface area contributed by atoms with Crippen LogP contribution in [0.4, 0.5) is 0 Å². The van der Waals surface area contributed by atoms with Crippen molar-refractivity contribution in [1.82, 2.24) is 0 Å². The summed E-state index contributed by atoms with van der Waals surface area (Å²) in [5.41, 5.74) is 0. The molecule has 200 valence electrons. The van der Waals surface area contributed by atoms with E-state index < -0.39 is 112 Å². The normalized spacial score (nSPS) is 52.1. The fourth-order valence-corrected chi connectivity index (χ4v) is 4.01. The van der Waals surface area contributed by atoms with Crippen LogP contribution in [0.1, 0.15) is 0 Å². The third-order valence-corrected chi connectivity index (χ3v) is 6.16. The lowest BCUT2D eigenvalue weighted by Crippen LogP contribution is -2.63. The van der Waals surface area contributed by atoms with Gasteiger partial charge in [0.15, 0.2) is 12.6 Å². The van der Waals surface area contributed by atoms with Gasteiger partial charge in [-0.15, -0.1) is 0 Å². The highest BCUT2D eigenvalue weighted by Gasteiger charge is 2.58. The summed E-state index contributed by atoms with van der Waals surface area (Å²) in [5, 5.41) is 109. The van der Waals surface area contributed by atoms with Gasteiger partial charge in [0.1, 0.15) is 73.8 Å². The summed E-state index contributed by atoms with van der Waals surface area (Å²) in [6, 6.07) is 0. The fourth-order valence-electron chi connectivity index (χ4n) is 4.01. The molecule has 5 unspecified atom stereocenters. The van der Waals surface area contributed by atoms with Crippen molar-refractivity contribution in [3.05, 3.63) is 0 Å². The van der Waals surface area contributed by atoms with Crippen molar-refractivity contribution in [3.63, 3.8) is 0 Å². The van der Waals surface area contributed by atoms with Crippen LogP contribution in [-0.4, -0.2) is 168 Å². The van der Waals surface area contributed by atoms with Crippen molar-refractivity contribution in [3.8, 4) is 0 Å². The Labute approximate surface area is 192 Å². The molecule has 0 bridgehead atoms. The number of hydrogen-bond acceptors (Lipinski definition) is 16. The molecule has 0 aromatic rings. The van der Waals surface area contributed by atoms with Crippen molar-refractivity contribution >= 4 is 0 Å². The lowest BCUT2D eigenvalue weighted by Gasteiger charge is -2.44. The van der Waals surface area contributed by atoms with Crippen LogP contribution in [0.3, 0.4) is 0 Å². The molecular formula is C18H32O16. The summed E-state index contributed by atoms with van der Waals surface area (Å²) < 4.78 is 26.4. The third kappa shape index (κ3) is 5.09. The third-order valence-electron chi connectivity index (χ3n) is 6.16. The summed E-state index contributed by atoms with van der Waals surface area (Å²) in [4.78, 5) is 0. The minimum absolute atomic E-state index is 0.634. The number of aliphatic hydroxyl groups excluding tert-OH is 11. The quantitative estimate of drug-likeness (QED) is 0.146. The molecule has 0 aromatic carbocycles. The summed E-state index contributed by atoms with van der Waals surface area (Å²) in [7, 11) is 0. The van der Waals surface area contributed by atoms with E-state index in [-0.39, 0.29) is 0 Å². The van der Waals surface area contributed by atoms with E-state index >= 15 is 0 Å². The second kappa shape index (κ2) is 11.2. The maximum absolute atomic E-state index is 10.3. The monoisotopic (exact) mass is 504 g/mol. The Bertz CT molecular complexity index is 653. The van der Waals surface area contributed by atoms with Gasteiger partial charge in [-0.2, -0.15) is 0 Å². The number of rotatable bonds is 8. The van der Waals surface area contributed by atoms with Crippen molar-refractivity contribution in [2.45, 2.75) is 85.5 Å². The van der Waals surface area contributed by atoms with Gasteiger partial charge in [-0.3, -0.25) is 0 Å². The van der Waals surface area contributed by atoms with Crippen LogP contribution in [0.25, 0.3) is 0 Å². The first-order valence-electron chi connectivity index (χ1n) is 10.6. The van der Waals surface area contributed by atoms with Crippen LogP contribution in [0, 0.1) is 0 Å². The van der Waals surface area contributed by atoms with Crippen LogP contribution >= 0.6 is 0 Å². The van der Waals surface area contributed by atoms with E-state index in [9.17, 15) is 56.2 Å². The molecule has 0 radical (unpaired) electrons.